The van der Waals surface area contributed by atoms with Gasteiger partial charge in [0.15, 0.2) is 22.8 Å². The van der Waals surface area contributed by atoms with Crippen molar-refractivity contribution in [3.05, 3.63) is 306 Å². The van der Waals surface area contributed by atoms with E-state index in [0.717, 1.165) is 64.2 Å². The van der Waals surface area contributed by atoms with Gasteiger partial charge in [0, 0.05) is 152 Å². The number of hydrogen-bond donors (Lipinski definition) is 9. The molecule has 7 aliphatic rings. The van der Waals surface area contributed by atoms with E-state index in [2.05, 4.69) is 47.8 Å². The number of ether oxygens (including phenoxy) is 3. The average molecular weight is 1960 g/mol. The van der Waals surface area contributed by atoms with Crippen LogP contribution < -0.4 is 16.4 Å². The van der Waals surface area contributed by atoms with Gasteiger partial charge in [-0.25, -0.2) is 41.5 Å². The molecule has 5 aliphatic heterocycles. The highest BCUT2D eigenvalue weighted by molar-refractivity contribution is 5.97. The maximum absolute atomic E-state index is 13.5. The molecule has 0 radical (unpaired) electrons. The molecule has 4 atom stereocenters. The van der Waals surface area contributed by atoms with Crippen molar-refractivity contribution in [2.45, 2.75) is 197 Å². The number of aromatic carboxylic acids is 1. The van der Waals surface area contributed by atoms with Crippen LogP contribution in [-0.4, -0.2) is 234 Å². The van der Waals surface area contributed by atoms with Crippen LogP contribution in [-0.2, 0) is 71.4 Å². The van der Waals surface area contributed by atoms with Crippen molar-refractivity contribution >= 4 is 53.6 Å². The summed E-state index contributed by atoms with van der Waals surface area (Å²) in [5.41, 5.74) is 17.5. The van der Waals surface area contributed by atoms with Crippen LogP contribution in [0, 0.1) is 23.3 Å². The number of carboxylic acid groups (broad SMARTS) is 2. The molecule has 7 aromatic heterocycles. The summed E-state index contributed by atoms with van der Waals surface area (Å²) in [5, 5.41) is 49.2. The lowest BCUT2D eigenvalue weighted by molar-refractivity contribution is -0.132. The third kappa shape index (κ3) is 29.1. The van der Waals surface area contributed by atoms with Gasteiger partial charge in [0.1, 0.15) is 46.0 Å². The number of hydrogen-bond acceptors (Lipinski definition) is 19. The smallest absolute Gasteiger partial charge is 0.410 e. The minimum atomic E-state index is -1.13. The molecule has 0 spiro atoms. The second-order valence-corrected chi connectivity index (χ2v) is 34.7. The minimum Gasteiger partial charge on any atom is -0.478 e. The number of nitrogens with two attached hydrogens (primary N) is 1. The number of aliphatic carboxylic acids is 1. The number of carbonyl (C=O) groups excluding carboxylic acids is 7. The van der Waals surface area contributed by atoms with E-state index in [1.807, 2.05) is 31.5 Å². The molecule has 1 saturated carbocycles. The molecule has 4 aromatic carbocycles. The highest BCUT2D eigenvalue weighted by atomic mass is 19.1. The molecule has 10 N–H and O–H groups in total. The average Bonchev–Trinajstić information content (AvgIpc) is 1.63. The number of aliphatic hydroxyl groups is 1. The van der Waals surface area contributed by atoms with Crippen LogP contribution >= 0.6 is 0 Å². The predicted octanol–water partition coefficient (Wildman–Crippen LogP) is 15.7. The third-order valence-electron chi connectivity index (χ3n) is 23.3. The van der Waals surface area contributed by atoms with Crippen LogP contribution in [0.2, 0.25) is 0 Å². The molecular formula is C102H128F6N18O15. The summed E-state index contributed by atoms with van der Waals surface area (Å²) in [5.74, 6) is -4.85. The molecule has 1 saturated heterocycles. The lowest BCUT2D eigenvalue weighted by Crippen LogP contribution is -2.61. The Morgan fingerprint density at radius 1 is 0.489 bits per heavy atom. The first-order valence-corrected chi connectivity index (χ1v) is 45.2. The van der Waals surface area contributed by atoms with Crippen molar-refractivity contribution in [1.29, 1.82) is 0 Å². The van der Waals surface area contributed by atoms with E-state index in [1.165, 1.54) is 72.7 Å². The Kier molecular flexibility index (Phi) is 40.4. The number of fused-ring (bicyclic) bond motifs is 4. The zero-order valence-corrected chi connectivity index (χ0v) is 79.1. The van der Waals surface area contributed by atoms with Gasteiger partial charge >= 0.3 is 30.0 Å². The molecule has 758 valence electrons. The number of likely N-dealkylation sites (tertiary alicyclic amines) is 1. The van der Waals surface area contributed by atoms with Gasteiger partial charge in [-0.3, -0.25) is 46.7 Å². The molecule has 2 fully saturated rings. The number of benzene rings is 4. The van der Waals surface area contributed by atoms with Crippen LogP contribution in [0.4, 0.5) is 31.1 Å². The molecule has 0 bridgehead atoms. The second-order valence-electron chi connectivity index (χ2n) is 34.7. The number of carboxylic acids is 2. The van der Waals surface area contributed by atoms with Crippen molar-refractivity contribution in [2.75, 3.05) is 73.9 Å². The maximum Gasteiger partial charge on any atom is 0.410 e. The van der Waals surface area contributed by atoms with E-state index < -0.39 is 49.9 Å². The molecule has 2 aliphatic carbocycles. The molecule has 18 rings (SSSR count). The number of nitrogens with one attached hydrogen (secondary N) is 5. The Morgan fingerprint density at radius 2 is 0.823 bits per heavy atom. The fraction of sp³-hybridized carbons (Fsp3) is 0.402. The van der Waals surface area contributed by atoms with Crippen molar-refractivity contribution in [2.24, 2.45) is 5.73 Å². The summed E-state index contributed by atoms with van der Waals surface area (Å²) >= 11 is 0. The number of amides is 5. The number of rotatable bonds is 19. The first kappa shape index (κ1) is 109. The lowest BCUT2D eigenvalue weighted by atomic mass is 9.95. The Hall–Kier alpha value is -14.5. The maximum atomic E-state index is 13.5. The largest absolute Gasteiger partial charge is 0.478 e. The van der Waals surface area contributed by atoms with Crippen LogP contribution in [0.3, 0.4) is 0 Å². The summed E-state index contributed by atoms with van der Waals surface area (Å²) in [6.07, 6.45) is 14.3. The normalized spacial score (nSPS) is 16.3. The third-order valence-corrected chi connectivity index (χ3v) is 23.3. The number of nitrogens with zero attached hydrogens (tertiary/aromatic N) is 12. The van der Waals surface area contributed by atoms with Crippen LogP contribution in [0.15, 0.2) is 176 Å². The van der Waals surface area contributed by atoms with Gasteiger partial charge in [-0.2, -0.15) is 20.4 Å². The van der Waals surface area contributed by atoms with Gasteiger partial charge in [0.25, 0.3) is 23.6 Å². The Labute approximate surface area is 818 Å². The number of esters is 2. The number of aliphatic hydroxyl groups excluding tert-OH is 1. The topological polar surface area (TPSA) is 424 Å². The Morgan fingerprint density at radius 3 is 1.12 bits per heavy atom. The number of aromatic amines is 3. The number of alkyl halides is 2. The summed E-state index contributed by atoms with van der Waals surface area (Å²) < 4.78 is 107. The van der Waals surface area contributed by atoms with E-state index in [0.29, 0.717) is 130 Å². The van der Waals surface area contributed by atoms with E-state index in [-0.39, 0.29) is 135 Å². The van der Waals surface area contributed by atoms with Crippen molar-refractivity contribution in [3.8, 4) is 0 Å². The van der Waals surface area contributed by atoms with E-state index in [1.54, 1.807) is 179 Å². The van der Waals surface area contributed by atoms with Crippen molar-refractivity contribution in [3.63, 3.8) is 0 Å². The van der Waals surface area contributed by atoms with Crippen LogP contribution in [0.1, 0.15) is 270 Å². The summed E-state index contributed by atoms with van der Waals surface area (Å²) in [6, 6.07) is 35.5. The lowest BCUT2D eigenvalue weighted by Gasteiger charge is -2.39. The first-order chi connectivity index (χ1) is 67.5. The number of carbonyl (C=O) groups is 9. The molecule has 39 heteroatoms. The molecule has 5 amide bonds. The molecule has 33 nitrogen and oxygen atoms in total. The van der Waals surface area contributed by atoms with E-state index >= 15 is 0 Å². The zero-order valence-electron chi connectivity index (χ0n) is 81.1. The SMILES string of the molecule is C.C.CC1CN(C(=O)c2ccc[nH]2)Cc2c(C(=O)NC3CN(C(=O)OC(C)(C)C)C3)nn(Cc3ccc(F)cc3)c21.CC1CN(C(=O)c2ccc[nH]2)Cc2c(C(=O)O)nn(Cc3ccc(F)cc3)c21.CCOC(=O)c1nn(Cc2ccc(F)cc2)c2c1CN(C(=O)c1ccc[nH]1)CC2C.CCOC(=O)c1nn(Cc2ccc(F)cc2)c2c1CNCC2C.CO.NC1CCC1.O=C(O)C1=CC=CC1.[2H]CF.[2H]CF. The van der Waals surface area contributed by atoms with Crippen LogP contribution in [0.25, 0.3) is 0 Å². The van der Waals surface area contributed by atoms with Gasteiger partial charge in [-0.15, -0.1) is 0 Å². The molecule has 4 unspecified atom stereocenters. The van der Waals surface area contributed by atoms with Gasteiger partial charge in [-0.1, -0.05) is 116 Å². The Balaban J connectivity index is 0.000000219. The number of allylic oxidation sites excluding steroid dienone is 3. The fourth-order valence-corrected chi connectivity index (χ4v) is 16.7. The Bertz CT molecular complexity index is 6070. The van der Waals surface area contributed by atoms with E-state index in [4.69, 9.17) is 38.0 Å². The fourth-order valence-electron chi connectivity index (χ4n) is 16.7. The second kappa shape index (κ2) is 52.5. The first-order valence-electron chi connectivity index (χ1n) is 46.6. The summed E-state index contributed by atoms with van der Waals surface area (Å²) in [7, 11) is -1.00. The number of aromatic nitrogens is 11. The van der Waals surface area contributed by atoms with Gasteiger partial charge in [-0.05, 0) is 161 Å². The van der Waals surface area contributed by atoms with E-state index in [9.17, 15) is 74.6 Å². The van der Waals surface area contributed by atoms with Crippen molar-refractivity contribution < 1.29 is 102 Å². The highest BCUT2D eigenvalue weighted by Gasteiger charge is 2.41. The molecule has 11 aromatic rings. The van der Waals surface area contributed by atoms with Gasteiger partial charge in [0.05, 0.1) is 82.1 Å². The predicted molar refractivity (Wildman–Crippen MR) is 518 cm³/mol. The molecular weight excluding hydrogens is 1830 g/mol. The molecule has 141 heavy (non-hydrogen) atoms. The number of H-pyrrole nitrogens is 3. The number of halogens is 6. The standard InChI is InChI=1S/C28H33FN6O4.C22H23FN4O3.C20H19FN4O3.C17H20FN3O2.C6H6O2.C4H9N.2CH3F.CH4O.2CH4/c1-17-12-33(26(37)22-6-5-11-30-22)16-21-23(32-35(24(17)21)13-18-7-9-19(29)10-8-18)25(36)31-20-14-34(15-20)27(38)39-28(2,3)4;1-3-30-22(29)19-17-13-26(21(28)18-5-4-10-24-18)11-14(2)20(17)27(25-19)12-15-6-8-16(23)9-7-15;1-12-9-24(19(26)16-3-2-8-22-16)11-15-17(20(27)28)23-25(18(12)15)10-13-4-6-14(21)7-5-13;1-3-23-17(22)15-14-9-19-8-11(2)16(14)21(20-15)10-12-4-6-13(18)7-5-12;7-6(8)5-3-1-2-4-5;5-4-2-1-3-4;3*1-2;;/h5-11,17,20,30H,12-16H2,1-4H3,(H,31,36);4-10,14,24H,3,11-13H2,1-2H3;2-8,12,22H,9-11H2,1H3,(H,27,28);4-7,11,19H,3,8-10H2,1-2H3;1-3H,4H2,(H,7,8);4H,1-3,5H2;2*1H3;2H,1H3;2*1H4/i;;;;;;2*1D;;;. The quantitative estimate of drug-likeness (QED) is 0.0206. The highest BCUT2D eigenvalue weighted by Crippen LogP contribution is 2.37. The van der Waals surface area contributed by atoms with Crippen molar-refractivity contribution in [1.82, 2.24) is 84.3 Å². The van der Waals surface area contributed by atoms with Gasteiger partial charge in [0.2, 0.25) is 0 Å². The minimum absolute atomic E-state index is 0. The van der Waals surface area contributed by atoms with Crippen LogP contribution in [0.5, 0.6) is 0 Å². The zero-order chi connectivity index (χ0) is 102. The van der Waals surface area contributed by atoms with Gasteiger partial charge < -0.3 is 80.4 Å². The monoisotopic (exact) mass is 1960 g/mol. The summed E-state index contributed by atoms with van der Waals surface area (Å²) in [4.78, 5) is 126. The molecule has 12 heterocycles. The summed E-state index contributed by atoms with van der Waals surface area (Å²) in [6.45, 7) is 23.4.